The lowest BCUT2D eigenvalue weighted by Gasteiger charge is -2.31. The summed E-state index contributed by atoms with van der Waals surface area (Å²) in [4.78, 5) is 22.7. The molecule has 1 fully saturated rings. The molecule has 0 atom stereocenters. The van der Waals surface area contributed by atoms with Crippen LogP contribution in [0.5, 0.6) is 0 Å². The second-order valence-corrected chi connectivity index (χ2v) is 12.6. The van der Waals surface area contributed by atoms with E-state index in [1.54, 1.807) is 19.4 Å². The van der Waals surface area contributed by atoms with E-state index in [-0.39, 0.29) is 5.78 Å². The Morgan fingerprint density at radius 1 is 1.17 bits per heavy atom. The Bertz CT molecular complexity index is 1390. The van der Waals surface area contributed by atoms with E-state index in [0.717, 1.165) is 17.7 Å². The standard InChI is InChI=1S/C26H28ClN6O2P/c1-4-17-13-19(14-18(15-28)24(17)33-11-9-20(34)10-12-33)30-26-29-16-21(27)25(32-26)31-22-7-5-6-8-23(22)36(2,3)35/h5-8,13-14,16H,4,9-12H2,1-3H3,(H2,29,30,31,32). The van der Waals surface area contributed by atoms with E-state index >= 15 is 0 Å². The summed E-state index contributed by atoms with van der Waals surface area (Å²) in [6, 6.07) is 13.4. The van der Waals surface area contributed by atoms with Gasteiger partial charge >= 0.3 is 0 Å². The molecule has 0 spiro atoms. The predicted octanol–water partition coefficient (Wildman–Crippen LogP) is 5.47. The molecule has 0 bridgehead atoms. The molecule has 10 heteroatoms. The van der Waals surface area contributed by atoms with Crippen molar-refractivity contribution in [2.75, 3.05) is 42.0 Å². The van der Waals surface area contributed by atoms with E-state index in [9.17, 15) is 14.6 Å². The van der Waals surface area contributed by atoms with Crippen molar-refractivity contribution in [1.29, 1.82) is 5.26 Å². The summed E-state index contributed by atoms with van der Waals surface area (Å²) in [6.07, 6.45) is 3.21. The van der Waals surface area contributed by atoms with Gasteiger partial charge in [-0.1, -0.05) is 30.7 Å². The second-order valence-electron chi connectivity index (χ2n) is 9.03. The number of aromatic nitrogens is 2. The van der Waals surface area contributed by atoms with Crippen LogP contribution in [-0.2, 0) is 15.8 Å². The van der Waals surface area contributed by atoms with Crippen molar-refractivity contribution in [3.05, 3.63) is 58.7 Å². The van der Waals surface area contributed by atoms with Gasteiger partial charge in [-0.15, -0.1) is 0 Å². The Morgan fingerprint density at radius 2 is 1.89 bits per heavy atom. The Labute approximate surface area is 216 Å². The van der Waals surface area contributed by atoms with Gasteiger partial charge < -0.3 is 20.1 Å². The van der Waals surface area contributed by atoms with Gasteiger partial charge in [0, 0.05) is 36.9 Å². The van der Waals surface area contributed by atoms with E-state index in [1.807, 2.05) is 37.3 Å². The molecule has 2 aromatic carbocycles. The SMILES string of the molecule is CCc1cc(Nc2ncc(Cl)c(Nc3ccccc3P(C)(C)=O)n2)cc(C#N)c1N1CCC(=O)CC1. The normalized spacial score (nSPS) is 13.9. The molecule has 0 unspecified atom stereocenters. The molecule has 36 heavy (non-hydrogen) atoms. The van der Waals surface area contributed by atoms with Gasteiger partial charge in [-0.3, -0.25) is 4.79 Å². The van der Waals surface area contributed by atoms with Crippen molar-refractivity contribution in [3.8, 4) is 6.07 Å². The zero-order valence-corrected chi connectivity index (χ0v) is 22.2. The maximum atomic E-state index is 12.7. The summed E-state index contributed by atoms with van der Waals surface area (Å²) >= 11 is 6.37. The number of para-hydroxylation sites is 1. The van der Waals surface area contributed by atoms with Crippen LogP contribution in [0.3, 0.4) is 0 Å². The average Bonchev–Trinajstić information content (AvgIpc) is 2.86. The molecule has 8 nitrogen and oxygen atoms in total. The number of nitriles is 1. The van der Waals surface area contributed by atoms with Crippen LogP contribution >= 0.6 is 18.7 Å². The molecule has 0 saturated carbocycles. The maximum absolute atomic E-state index is 12.7. The maximum Gasteiger partial charge on any atom is 0.229 e. The molecule has 0 radical (unpaired) electrons. The van der Waals surface area contributed by atoms with Crippen LogP contribution in [0.15, 0.2) is 42.6 Å². The van der Waals surface area contributed by atoms with Gasteiger partial charge in [0.15, 0.2) is 5.82 Å². The fourth-order valence-corrected chi connectivity index (χ4v) is 5.59. The summed E-state index contributed by atoms with van der Waals surface area (Å²) < 4.78 is 12.7. The van der Waals surface area contributed by atoms with E-state index < -0.39 is 7.14 Å². The zero-order valence-electron chi connectivity index (χ0n) is 20.5. The minimum Gasteiger partial charge on any atom is -0.369 e. The Hall–Kier alpha value is -3.40. The first kappa shape index (κ1) is 25.7. The van der Waals surface area contributed by atoms with Crippen molar-refractivity contribution in [2.45, 2.75) is 26.2 Å². The van der Waals surface area contributed by atoms with Gasteiger partial charge in [0.2, 0.25) is 5.95 Å². The van der Waals surface area contributed by atoms with E-state index in [4.69, 9.17) is 11.6 Å². The molecule has 2 N–H and O–H groups in total. The van der Waals surface area contributed by atoms with Crippen LogP contribution in [-0.4, -0.2) is 42.2 Å². The molecule has 186 valence electrons. The quantitative estimate of drug-likeness (QED) is 0.393. The summed E-state index contributed by atoms with van der Waals surface area (Å²) in [5, 5.41) is 17.3. The highest BCUT2D eigenvalue weighted by molar-refractivity contribution is 7.70. The number of ketones is 1. The van der Waals surface area contributed by atoms with Gasteiger partial charge in [-0.2, -0.15) is 10.2 Å². The third-order valence-electron chi connectivity index (χ3n) is 6.07. The van der Waals surface area contributed by atoms with E-state index in [2.05, 4.69) is 31.6 Å². The number of aryl methyl sites for hydroxylation is 1. The number of Topliss-reactive ketones (excluding diaryl/α,β-unsaturated/α-hetero) is 1. The number of rotatable bonds is 7. The fraction of sp³-hybridized carbons (Fsp3) is 0.308. The van der Waals surface area contributed by atoms with Gasteiger partial charge in [0.1, 0.15) is 24.0 Å². The number of piperidine rings is 1. The van der Waals surface area contributed by atoms with E-state index in [0.29, 0.717) is 65.0 Å². The number of carbonyl (C=O) groups is 1. The third kappa shape index (κ3) is 5.70. The van der Waals surface area contributed by atoms with Gasteiger partial charge in [0.25, 0.3) is 0 Å². The number of nitrogens with one attached hydrogen (secondary N) is 2. The minimum atomic E-state index is -2.53. The van der Waals surface area contributed by atoms with Crippen molar-refractivity contribution in [3.63, 3.8) is 0 Å². The smallest absolute Gasteiger partial charge is 0.229 e. The van der Waals surface area contributed by atoms with Crippen molar-refractivity contribution < 1.29 is 9.36 Å². The molecule has 4 rings (SSSR count). The van der Waals surface area contributed by atoms with Crippen molar-refractivity contribution in [1.82, 2.24) is 9.97 Å². The van der Waals surface area contributed by atoms with Gasteiger partial charge in [-0.25, -0.2) is 4.98 Å². The molecule has 1 aliphatic heterocycles. The molecule has 0 amide bonds. The number of anilines is 5. The molecular weight excluding hydrogens is 495 g/mol. The van der Waals surface area contributed by atoms with Crippen LogP contribution in [0.4, 0.5) is 28.8 Å². The Balaban J connectivity index is 1.64. The summed E-state index contributed by atoms with van der Waals surface area (Å²) in [6.45, 7) is 6.70. The lowest BCUT2D eigenvalue weighted by molar-refractivity contribution is -0.119. The second kappa shape index (κ2) is 10.7. The minimum absolute atomic E-state index is 0.258. The predicted molar refractivity (Wildman–Crippen MR) is 146 cm³/mol. The lowest BCUT2D eigenvalue weighted by Crippen LogP contribution is -2.35. The van der Waals surface area contributed by atoms with Crippen LogP contribution < -0.4 is 20.8 Å². The first-order valence-electron chi connectivity index (χ1n) is 11.7. The first-order chi connectivity index (χ1) is 17.2. The molecular formula is C26H28ClN6O2P. The number of nitrogens with zero attached hydrogens (tertiary/aromatic N) is 4. The largest absolute Gasteiger partial charge is 0.369 e. The molecule has 0 aliphatic carbocycles. The van der Waals surface area contributed by atoms with Crippen LogP contribution in [0.2, 0.25) is 5.02 Å². The Kier molecular flexibility index (Phi) is 7.63. The van der Waals surface area contributed by atoms with Gasteiger partial charge in [-0.05, 0) is 49.6 Å². The van der Waals surface area contributed by atoms with Crippen LogP contribution in [0.25, 0.3) is 0 Å². The van der Waals surface area contributed by atoms with Crippen LogP contribution in [0.1, 0.15) is 30.9 Å². The van der Waals surface area contributed by atoms with Crippen molar-refractivity contribution in [2.24, 2.45) is 0 Å². The fourth-order valence-electron chi connectivity index (χ4n) is 4.30. The first-order valence-corrected chi connectivity index (χ1v) is 14.7. The molecule has 2 heterocycles. The summed E-state index contributed by atoms with van der Waals surface area (Å²) in [7, 11) is -2.53. The number of halogens is 1. The van der Waals surface area contributed by atoms with E-state index in [1.165, 1.54) is 6.20 Å². The summed E-state index contributed by atoms with van der Waals surface area (Å²) in [5.41, 5.74) is 3.78. The molecule has 1 aromatic heterocycles. The average molecular weight is 523 g/mol. The summed E-state index contributed by atoms with van der Waals surface area (Å²) in [5.74, 6) is 0.937. The highest BCUT2D eigenvalue weighted by Gasteiger charge is 2.22. The zero-order chi connectivity index (χ0) is 25.9. The van der Waals surface area contributed by atoms with Gasteiger partial charge in [0.05, 0.1) is 23.1 Å². The highest BCUT2D eigenvalue weighted by atomic mass is 35.5. The van der Waals surface area contributed by atoms with Crippen LogP contribution in [0, 0.1) is 11.3 Å². The highest BCUT2D eigenvalue weighted by Crippen LogP contribution is 2.39. The Morgan fingerprint density at radius 3 is 2.56 bits per heavy atom. The molecule has 3 aromatic rings. The number of hydrogen-bond acceptors (Lipinski definition) is 8. The molecule has 1 aliphatic rings. The van der Waals surface area contributed by atoms with Crippen molar-refractivity contribution >= 4 is 58.7 Å². The third-order valence-corrected chi connectivity index (χ3v) is 7.89. The number of carbonyl (C=O) groups excluding carboxylic acids is 1. The topological polar surface area (TPSA) is 111 Å². The number of hydrogen-bond donors (Lipinski definition) is 2. The number of benzene rings is 2. The lowest BCUT2D eigenvalue weighted by atomic mass is 10.00. The molecule has 1 saturated heterocycles. The monoisotopic (exact) mass is 522 g/mol.